The average Bonchev–Trinajstić information content (AvgIpc) is 2.59. The van der Waals surface area contributed by atoms with Crippen molar-refractivity contribution in [2.75, 3.05) is 0 Å². The fourth-order valence-corrected chi connectivity index (χ4v) is 2.49. The van der Waals surface area contributed by atoms with E-state index >= 15 is 0 Å². The summed E-state index contributed by atoms with van der Waals surface area (Å²) in [5.74, 6) is -0.354. The van der Waals surface area contributed by atoms with Gasteiger partial charge in [0.05, 0.1) is 11.3 Å². The number of hydrogen-bond acceptors (Lipinski definition) is 4. The fraction of sp³-hybridized carbons (Fsp3) is 0.105. The molecule has 3 aromatic rings. The van der Waals surface area contributed by atoms with Crippen molar-refractivity contribution >= 4 is 34.2 Å². The number of hydrogen-bond donors (Lipinski definition) is 1. The molecule has 0 spiro atoms. The van der Waals surface area contributed by atoms with Crippen LogP contribution in [0.4, 0.5) is 0 Å². The summed E-state index contributed by atoms with van der Waals surface area (Å²) in [6.07, 6.45) is 0. The zero-order valence-corrected chi connectivity index (χ0v) is 14.4. The third-order valence-electron chi connectivity index (χ3n) is 3.72. The molecule has 0 aliphatic heterocycles. The maximum Gasteiger partial charge on any atom is 0.345 e. The highest BCUT2D eigenvalue weighted by molar-refractivity contribution is 6.31. The van der Waals surface area contributed by atoms with Gasteiger partial charge in [-0.3, -0.25) is 4.79 Å². The Morgan fingerprint density at radius 2 is 1.84 bits per heavy atom. The van der Waals surface area contributed by atoms with E-state index in [1.165, 1.54) is 0 Å². The summed E-state index contributed by atoms with van der Waals surface area (Å²) in [6.45, 7) is 3.56. The normalized spacial score (nSPS) is 11.6. The van der Waals surface area contributed by atoms with Crippen LogP contribution in [0.1, 0.15) is 28.4 Å². The summed E-state index contributed by atoms with van der Waals surface area (Å²) in [5, 5.41) is 5.23. The molecular weight excluding hydrogens is 340 g/mol. The smallest absolute Gasteiger partial charge is 0.345 e. The number of hydrazone groups is 1. The van der Waals surface area contributed by atoms with Gasteiger partial charge in [-0.1, -0.05) is 29.3 Å². The van der Waals surface area contributed by atoms with Crippen LogP contribution in [0.15, 0.2) is 62.8 Å². The van der Waals surface area contributed by atoms with Gasteiger partial charge in [0.15, 0.2) is 0 Å². The Kier molecular flexibility index (Phi) is 4.67. The van der Waals surface area contributed by atoms with Crippen LogP contribution in [-0.2, 0) is 0 Å². The zero-order valence-electron chi connectivity index (χ0n) is 13.7. The maximum absolute atomic E-state index is 12.1. The molecule has 0 fully saturated rings. The Hall–Kier alpha value is -2.92. The fourth-order valence-electron chi connectivity index (χ4n) is 2.31. The number of carbonyl (C=O) groups excluding carboxylic acids is 1. The van der Waals surface area contributed by atoms with Gasteiger partial charge in [-0.05, 0) is 50.2 Å². The molecule has 126 valence electrons. The molecular formula is C19H15ClN2O3. The molecule has 0 aliphatic carbocycles. The zero-order chi connectivity index (χ0) is 18.0. The van der Waals surface area contributed by atoms with Gasteiger partial charge >= 0.3 is 5.63 Å². The molecule has 0 radical (unpaired) electrons. The number of amides is 1. The number of fused-ring (bicyclic) bond motifs is 1. The summed E-state index contributed by atoms with van der Waals surface area (Å²) in [5.41, 5.74) is 4.51. The minimum absolute atomic E-state index is 0.263. The van der Waals surface area contributed by atoms with Crippen LogP contribution in [0.5, 0.6) is 0 Å². The summed E-state index contributed by atoms with van der Waals surface area (Å²) < 4.78 is 5.27. The molecule has 1 heterocycles. The number of halogens is 1. The summed E-state index contributed by atoms with van der Waals surface area (Å²) in [6, 6.07) is 13.7. The van der Waals surface area contributed by atoms with Crippen molar-refractivity contribution in [3.8, 4) is 0 Å². The first-order valence-electron chi connectivity index (χ1n) is 7.59. The predicted molar refractivity (Wildman–Crippen MR) is 98.4 cm³/mol. The van der Waals surface area contributed by atoms with Gasteiger partial charge in [0.1, 0.15) is 5.58 Å². The van der Waals surface area contributed by atoms with E-state index in [9.17, 15) is 9.59 Å². The highest BCUT2D eigenvalue weighted by atomic mass is 35.5. The van der Waals surface area contributed by atoms with Crippen LogP contribution in [0, 0.1) is 6.92 Å². The largest absolute Gasteiger partial charge is 0.422 e. The van der Waals surface area contributed by atoms with Gasteiger partial charge in [0, 0.05) is 16.0 Å². The quantitative estimate of drug-likeness (QED) is 0.440. The SMILES string of the molecule is C/C(=N\NC(=O)c1ccc(C)cc1)c1cc2cc(Cl)ccc2oc1=O. The third-order valence-corrected chi connectivity index (χ3v) is 3.96. The molecule has 0 atom stereocenters. The second kappa shape index (κ2) is 6.91. The lowest BCUT2D eigenvalue weighted by atomic mass is 10.1. The molecule has 3 rings (SSSR count). The van der Waals surface area contributed by atoms with E-state index in [1.54, 1.807) is 43.3 Å². The lowest BCUT2D eigenvalue weighted by molar-refractivity contribution is 0.0955. The summed E-state index contributed by atoms with van der Waals surface area (Å²) in [7, 11) is 0. The molecule has 6 heteroatoms. The molecule has 1 amide bonds. The van der Waals surface area contributed by atoms with Crippen LogP contribution in [0.2, 0.25) is 5.02 Å². The molecule has 5 nitrogen and oxygen atoms in total. The molecule has 0 bridgehead atoms. The second-order valence-electron chi connectivity index (χ2n) is 5.63. The van der Waals surface area contributed by atoms with Crippen LogP contribution >= 0.6 is 11.6 Å². The van der Waals surface area contributed by atoms with Crippen molar-refractivity contribution in [2.24, 2.45) is 5.10 Å². The number of nitrogens with one attached hydrogen (secondary N) is 1. The van der Waals surface area contributed by atoms with Gasteiger partial charge in [0.25, 0.3) is 5.91 Å². The number of benzene rings is 2. The maximum atomic E-state index is 12.1. The molecule has 0 aliphatic rings. The molecule has 25 heavy (non-hydrogen) atoms. The Balaban J connectivity index is 1.88. The highest BCUT2D eigenvalue weighted by Gasteiger charge is 2.10. The van der Waals surface area contributed by atoms with Crippen molar-refractivity contribution in [1.29, 1.82) is 0 Å². The van der Waals surface area contributed by atoms with E-state index in [1.807, 2.05) is 19.1 Å². The summed E-state index contributed by atoms with van der Waals surface area (Å²) in [4.78, 5) is 24.2. The molecule has 0 saturated heterocycles. The Labute approximate surface area is 148 Å². The van der Waals surface area contributed by atoms with Crippen molar-refractivity contribution < 1.29 is 9.21 Å². The standard InChI is InChI=1S/C19H15ClN2O3/c1-11-3-5-13(6-4-11)18(23)22-21-12(2)16-10-14-9-15(20)7-8-17(14)25-19(16)24/h3-10H,1-2H3,(H,22,23)/b21-12+. The van der Waals surface area contributed by atoms with E-state index < -0.39 is 5.63 Å². The first-order valence-corrected chi connectivity index (χ1v) is 7.97. The number of aryl methyl sites for hydroxylation is 1. The van der Waals surface area contributed by atoms with Gasteiger partial charge in [-0.15, -0.1) is 0 Å². The molecule has 0 unspecified atom stereocenters. The van der Waals surface area contributed by atoms with Gasteiger partial charge < -0.3 is 4.42 Å². The molecule has 1 aromatic heterocycles. The second-order valence-corrected chi connectivity index (χ2v) is 6.07. The van der Waals surface area contributed by atoms with Gasteiger partial charge in [-0.25, -0.2) is 10.2 Å². The van der Waals surface area contributed by atoms with Gasteiger partial charge in [0.2, 0.25) is 0 Å². The number of carbonyl (C=O) groups is 1. The predicted octanol–water partition coefficient (Wildman–Crippen LogP) is 3.91. The Bertz CT molecular complexity index is 1040. The van der Waals surface area contributed by atoms with Crippen LogP contribution in [-0.4, -0.2) is 11.6 Å². The number of rotatable bonds is 3. The van der Waals surface area contributed by atoms with Gasteiger partial charge in [-0.2, -0.15) is 5.10 Å². The van der Waals surface area contributed by atoms with Crippen molar-refractivity contribution in [1.82, 2.24) is 5.43 Å². The monoisotopic (exact) mass is 354 g/mol. The number of nitrogens with zero attached hydrogens (tertiary/aromatic N) is 1. The molecule has 2 aromatic carbocycles. The van der Waals surface area contributed by atoms with Crippen LogP contribution in [0.3, 0.4) is 0 Å². The minimum Gasteiger partial charge on any atom is -0.422 e. The lowest BCUT2D eigenvalue weighted by Gasteiger charge is -2.04. The Morgan fingerprint density at radius 1 is 1.12 bits per heavy atom. The van der Waals surface area contributed by atoms with E-state index in [-0.39, 0.29) is 11.5 Å². The van der Waals surface area contributed by atoms with E-state index in [0.29, 0.717) is 27.3 Å². The van der Waals surface area contributed by atoms with Crippen LogP contribution in [0.25, 0.3) is 11.0 Å². The van der Waals surface area contributed by atoms with E-state index in [0.717, 1.165) is 5.56 Å². The first kappa shape index (κ1) is 16.9. The van der Waals surface area contributed by atoms with E-state index in [2.05, 4.69) is 10.5 Å². The Morgan fingerprint density at radius 3 is 2.56 bits per heavy atom. The average molecular weight is 355 g/mol. The molecule has 1 N–H and O–H groups in total. The van der Waals surface area contributed by atoms with Crippen molar-refractivity contribution in [2.45, 2.75) is 13.8 Å². The topological polar surface area (TPSA) is 71.7 Å². The van der Waals surface area contributed by atoms with Crippen LogP contribution < -0.4 is 11.1 Å². The molecule has 0 saturated carbocycles. The highest BCUT2D eigenvalue weighted by Crippen LogP contribution is 2.19. The minimum atomic E-state index is -0.527. The third kappa shape index (κ3) is 3.78. The lowest BCUT2D eigenvalue weighted by Crippen LogP contribution is -2.21. The first-order chi connectivity index (χ1) is 11.9. The van der Waals surface area contributed by atoms with Crippen molar-refractivity contribution in [3.05, 3.63) is 80.7 Å². The summed E-state index contributed by atoms with van der Waals surface area (Å²) >= 11 is 5.96. The van der Waals surface area contributed by atoms with E-state index in [4.69, 9.17) is 16.0 Å². The van der Waals surface area contributed by atoms with Crippen molar-refractivity contribution in [3.63, 3.8) is 0 Å².